The topological polar surface area (TPSA) is 75.5 Å². The Labute approximate surface area is 140 Å². The molecule has 0 aromatic carbocycles. The number of amidine groups is 1. The van der Waals surface area contributed by atoms with Gasteiger partial charge in [-0.05, 0) is 19.1 Å². The maximum absolute atomic E-state index is 14.5. The molecule has 2 aliphatic heterocycles. The summed E-state index contributed by atoms with van der Waals surface area (Å²) in [6.07, 6.45) is 4.95. The molecule has 2 aliphatic rings. The Kier molecular flexibility index (Phi) is 4.38. The molecule has 1 aromatic heterocycles. The van der Waals surface area contributed by atoms with E-state index in [0.29, 0.717) is 12.4 Å². The fraction of sp³-hybridized carbons (Fsp3) is 0.471. The zero-order valence-corrected chi connectivity index (χ0v) is 13.6. The summed E-state index contributed by atoms with van der Waals surface area (Å²) in [5.74, 6) is 0.260. The number of aromatic amines is 1. The number of H-pyrrole nitrogens is 1. The smallest absolute Gasteiger partial charge is 0.246 e. The van der Waals surface area contributed by atoms with Gasteiger partial charge in [0.2, 0.25) is 5.91 Å². The number of aromatic nitrogens is 1. The average molecular weight is 329 g/mol. The van der Waals surface area contributed by atoms with Gasteiger partial charge in [0.25, 0.3) is 0 Å². The van der Waals surface area contributed by atoms with Crippen LogP contribution in [-0.2, 0) is 11.2 Å². The number of piperidine rings is 1. The van der Waals surface area contributed by atoms with Gasteiger partial charge in [-0.1, -0.05) is 6.58 Å². The molecular weight excluding hydrogens is 309 g/mol. The van der Waals surface area contributed by atoms with Gasteiger partial charge in [0, 0.05) is 49.4 Å². The van der Waals surface area contributed by atoms with Crippen molar-refractivity contribution in [3.63, 3.8) is 0 Å². The lowest BCUT2D eigenvalue weighted by molar-refractivity contribution is -0.130. The standard InChI is InChI=1S/C17H20FN5O/c1-3-16(24)23-9-15(13(18)8-11(23)2)21-17-12-4-6-20-14(12)5-7-22(17)10-19/h3-4,6,11,13,15,20H,1,5,7-9H2,2H3/t11-,13-,15-/m1/s1. The molecule has 3 heterocycles. The molecule has 0 spiro atoms. The summed E-state index contributed by atoms with van der Waals surface area (Å²) < 4.78 is 14.5. The van der Waals surface area contributed by atoms with Crippen LogP contribution in [0.4, 0.5) is 4.39 Å². The van der Waals surface area contributed by atoms with Crippen LogP contribution in [0.3, 0.4) is 0 Å². The highest BCUT2D eigenvalue weighted by Gasteiger charge is 2.36. The number of hydrogen-bond acceptors (Lipinski definition) is 3. The second kappa shape index (κ2) is 6.48. The molecule has 1 N–H and O–H groups in total. The van der Waals surface area contributed by atoms with E-state index in [0.717, 1.165) is 17.7 Å². The van der Waals surface area contributed by atoms with Crippen molar-refractivity contribution in [3.05, 3.63) is 36.2 Å². The molecule has 0 radical (unpaired) electrons. The number of nitrogens with one attached hydrogen (secondary N) is 1. The molecule has 0 bridgehead atoms. The first-order valence-electron chi connectivity index (χ1n) is 8.04. The van der Waals surface area contributed by atoms with Crippen LogP contribution in [0.2, 0.25) is 0 Å². The first kappa shape index (κ1) is 16.2. The van der Waals surface area contributed by atoms with Crippen molar-refractivity contribution in [2.45, 2.75) is 38.0 Å². The summed E-state index contributed by atoms with van der Waals surface area (Å²) in [7, 11) is 0. The maximum Gasteiger partial charge on any atom is 0.246 e. The van der Waals surface area contributed by atoms with E-state index in [1.54, 1.807) is 11.1 Å². The minimum absolute atomic E-state index is 0.190. The summed E-state index contributed by atoms with van der Waals surface area (Å²) in [5.41, 5.74) is 1.83. The van der Waals surface area contributed by atoms with Gasteiger partial charge < -0.3 is 9.88 Å². The second-order valence-corrected chi connectivity index (χ2v) is 6.19. The number of halogens is 1. The van der Waals surface area contributed by atoms with Gasteiger partial charge in [0.15, 0.2) is 6.19 Å². The Morgan fingerprint density at radius 3 is 3.12 bits per heavy atom. The maximum atomic E-state index is 14.5. The van der Waals surface area contributed by atoms with E-state index in [4.69, 9.17) is 0 Å². The molecule has 0 unspecified atom stereocenters. The number of nitriles is 1. The van der Waals surface area contributed by atoms with Gasteiger partial charge in [-0.2, -0.15) is 5.26 Å². The van der Waals surface area contributed by atoms with Crippen molar-refractivity contribution in [2.75, 3.05) is 13.1 Å². The Bertz CT molecular complexity index is 719. The van der Waals surface area contributed by atoms with Gasteiger partial charge in [0.1, 0.15) is 18.0 Å². The molecule has 126 valence electrons. The summed E-state index contributed by atoms with van der Waals surface area (Å²) >= 11 is 0. The molecule has 0 aliphatic carbocycles. The highest BCUT2D eigenvalue weighted by atomic mass is 19.1. The summed E-state index contributed by atoms with van der Waals surface area (Å²) in [5, 5.41) is 9.35. The highest BCUT2D eigenvalue weighted by Crippen LogP contribution is 2.25. The number of alkyl halides is 1. The molecule has 0 saturated carbocycles. The van der Waals surface area contributed by atoms with Crippen molar-refractivity contribution in [1.82, 2.24) is 14.8 Å². The molecule has 1 saturated heterocycles. The minimum atomic E-state index is -1.15. The lowest BCUT2D eigenvalue weighted by Gasteiger charge is -2.38. The summed E-state index contributed by atoms with van der Waals surface area (Å²) in [6, 6.07) is 0.975. The zero-order valence-electron chi connectivity index (χ0n) is 13.6. The zero-order chi connectivity index (χ0) is 17.3. The molecule has 3 atom stereocenters. The number of hydrogen-bond donors (Lipinski definition) is 1. The quantitative estimate of drug-likeness (QED) is 0.662. The molecule has 1 amide bonds. The van der Waals surface area contributed by atoms with E-state index >= 15 is 0 Å². The number of amides is 1. The van der Waals surface area contributed by atoms with Gasteiger partial charge >= 0.3 is 0 Å². The number of fused-ring (bicyclic) bond motifs is 1. The Morgan fingerprint density at radius 1 is 1.62 bits per heavy atom. The molecule has 7 heteroatoms. The van der Waals surface area contributed by atoms with Gasteiger partial charge in [0.05, 0.1) is 0 Å². The van der Waals surface area contributed by atoms with Crippen LogP contribution in [0.25, 0.3) is 0 Å². The molecule has 1 fully saturated rings. The number of rotatable bonds is 2. The SMILES string of the molecule is C=CC(=O)N1C[C@@H](N=C2c3cc[nH]c3CCN2C#N)[C@H](F)C[C@H]1C. The third-order valence-corrected chi connectivity index (χ3v) is 4.68. The number of carbonyl (C=O) groups excluding carboxylic acids is 1. The fourth-order valence-corrected chi connectivity index (χ4v) is 3.34. The summed E-state index contributed by atoms with van der Waals surface area (Å²) in [4.78, 5) is 22.7. The van der Waals surface area contributed by atoms with Crippen LogP contribution in [0.1, 0.15) is 24.6 Å². The largest absolute Gasteiger partial charge is 0.364 e. The van der Waals surface area contributed by atoms with Crippen LogP contribution < -0.4 is 0 Å². The monoisotopic (exact) mass is 329 g/mol. The van der Waals surface area contributed by atoms with Crippen molar-refractivity contribution < 1.29 is 9.18 Å². The number of carbonyl (C=O) groups is 1. The van der Waals surface area contributed by atoms with E-state index in [2.05, 4.69) is 22.7 Å². The number of aliphatic imine (C=N–C) groups is 1. The first-order chi connectivity index (χ1) is 11.5. The Balaban J connectivity index is 1.93. The fourth-order valence-electron chi connectivity index (χ4n) is 3.34. The van der Waals surface area contributed by atoms with E-state index in [1.165, 1.54) is 11.0 Å². The predicted molar refractivity (Wildman–Crippen MR) is 88.0 cm³/mol. The van der Waals surface area contributed by atoms with Gasteiger partial charge in [-0.15, -0.1) is 0 Å². The number of likely N-dealkylation sites (tertiary alicyclic amines) is 1. The van der Waals surface area contributed by atoms with Crippen LogP contribution in [0, 0.1) is 11.5 Å². The average Bonchev–Trinajstić information content (AvgIpc) is 3.05. The van der Waals surface area contributed by atoms with Crippen LogP contribution in [0.15, 0.2) is 29.9 Å². The minimum Gasteiger partial charge on any atom is -0.364 e. The van der Waals surface area contributed by atoms with Crippen molar-refractivity contribution >= 4 is 11.7 Å². The predicted octanol–water partition coefficient (Wildman–Crippen LogP) is 1.61. The lowest BCUT2D eigenvalue weighted by Crippen LogP contribution is -2.52. The van der Waals surface area contributed by atoms with E-state index in [9.17, 15) is 14.4 Å². The van der Waals surface area contributed by atoms with Crippen LogP contribution >= 0.6 is 0 Å². The number of nitrogens with zero attached hydrogens (tertiary/aromatic N) is 4. The van der Waals surface area contributed by atoms with Gasteiger partial charge in [-0.3, -0.25) is 14.7 Å². The van der Waals surface area contributed by atoms with Crippen molar-refractivity contribution in [2.24, 2.45) is 4.99 Å². The molecular formula is C17H20FN5O. The van der Waals surface area contributed by atoms with E-state index in [1.807, 2.05) is 13.0 Å². The highest BCUT2D eigenvalue weighted by molar-refractivity contribution is 6.01. The van der Waals surface area contributed by atoms with Crippen LogP contribution in [0.5, 0.6) is 0 Å². The molecule has 24 heavy (non-hydrogen) atoms. The third kappa shape index (κ3) is 2.80. The Morgan fingerprint density at radius 2 is 2.42 bits per heavy atom. The molecule has 6 nitrogen and oxygen atoms in total. The van der Waals surface area contributed by atoms with Gasteiger partial charge in [-0.25, -0.2) is 4.39 Å². The molecule has 1 aromatic rings. The molecule has 3 rings (SSSR count). The Hall–Kier alpha value is -2.62. The second-order valence-electron chi connectivity index (χ2n) is 6.19. The van der Waals surface area contributed by atoms with Crippen LogP contribution in [-0.4, -0.2) is 57.9 Å². The lowest BCUT2D eigenvalue weighted by atomic mass is 9.97. The third-order valence-electron chi connectivity index (χ3n) is 4.68. The van der Waals surface area contributed by atoms with Crippen molar-refractivity contribution in [3.8, 4) is 6.19 Å². The normalized spacial score (nSPS) is 28.4. The van der Waals surface area contributed by atoms with E-state index < -0.39 is 12.2 Å². The first-order valence-corrected chi connectivity index (χ1v) is 8.04. The van der Waals surface area contributed by atoms with E-state index in [-0.39, 0.29) is 24.9 Å². The van der Waals surface area contributed by atoms with Crippen molar-refractivity contribution in [1.29, 1.82) is 5.26 Å². The summed E-state index contributed by atoms with van der Waals surface area (Å²) in [6.45, 7) is 6.03.